The Balaban J connectivity index is 1.81. The zero-order valence-corrected chi connectivity index (χ0v) is 11.9. The average Bonchev–Trinajstić information content (AvgIpc) is 2.56. The second-order valence-corrected chi connectivity index (χ2v) is 5.16. The maximum Gasteiger partial charge on any atom is 0.0826 e. The van der Waals surface area contributed by atoms with E-state index < -0.39 is 0 Å². The number of rotatable bonds is 4. The molecule has 18 heavy (non-hydrogen) atoms. The first kappa shape index (κ1) is 13.5. The van der Waals surface area contributed by atoms with Crippen LogP contribution in [0.15, 0.2) is 0 Å². The number of hydrogen-bond acceptors (Lipinski definition) is 4. The Morgan fingerprint density at radius 1 is 1.39 bits per heavy atom. The highest BCUT2D eigenvalue weighted by Gasteiger charge is 2.17. The van der Waals surface area contributed by atoms with Gasteiger partial charge in [0.05, 0.1) is 18.4 Å². The lowest BCUT2D eigenvalue weighted by atomic mass is 10.2. The van der Waals surface area contributed by atoms with Crippen LogP contribution in [0.5, 0.6) is 0 Å². The topological polar surface area (TPSA) is 42.3 Å². The molecule has 1 atom stereocenters. The van der Waals surface area contributed by atoms with Crippen molar-refractivity contribution in [1.82, 2.24) is 20.0 Å². The first-order valence-corrected chi connectivity index (χ1v) is 6.58. The molecule has 1 N–H and O–H groups in total. The molecule has 1 aliphatic rings. The summed E-state index contributed by atoms with van der Waals surface area (Å²) in [5, 5.41) is 7.91. The van der Waals surface area contributed by atoms with Gasteiger partial charge < -0.3 is 15.0 Å². The molecule has 5 heteroatoms. The van der Waals surface area contributed by atoms with E-state index in [0.29, 0.717) is 6.10 Å². The maximum absolute atomic E-state index is 5.73. The van der Waals surface area contributed by atoms with Crippen molar-refractivity contribution in [1.29, 1.82) is 0 Å². The second kappa shape index (κ2) is 5.82. The molecular formula is C13H24N4O. The molecule has 2 heterocycles. The normalized spacial score (nSPS) is 21.4. The summed E-state index contributed by atoms with van der Waals surface area (Å²) in [6.45, 7) is 8.84. The van der Waals surface area contributed by atoms with Crippen LogP contribution < -0.4 is 5.32 Å². The molecular weight excluding hydrogens is 228 g/mol. The standard InChI is InChI=1S/C13H24N4O/c1-10-13(11(2)17(4)15-10)8-14-7-12-9-16(3)5-6-18-12/h12,14H,5-9H2,1-4H3/t12-/m1/s1. The fourth-order valence-corrected chi connectivity index (χ4v) is 2.42. The minimum absolute atomic E-state index is 0.307. The lowest BCUT2D eigenvalue weighted by Gasteiger charge is -2.30. The Labute approximate surface area is 109 Å². The molecule has 5 nitrogen and oxygen atoms in total. The second-order valence-electron chi connectivity index (χ2n) is 5.16. The molecule has 1 aromatic heterocycles. The van der Waals surface area contributed by atoms with Gasteiger partial charge in [-0.1, -0.05) is 0 Å². The van der Waals surface area contributed by atoms with Gasteiger partial charge in [0.25, 0.3) is 0 Å². The van der Waals surface area contributed by atoms with Crippen molar-refractivity contribution < 1.29 is 4.74 Å². The summed E-state index contributed by atoms with van der Waals surface area (Å²) in [5.74, 6) is 0. The zero-order chi connectivity index (χ0) is 13.1. The molecule has 0 radical (unpaired) electrons. The highest BCUT2D eigenvalue weighted by molar-refractivity contribution is 5.23. The lowest BCUT2D eigenvalue weighted by Crippen LogP contribution is -2.44. The molecule has 0 saturated carbocycles. The fraction of sp³-hybridized carbons (Fsp3) is 0.769. The Bertz CT molecular complexity index is 402. The Morgan fingerprint density at radius 2 is 2.17 bits per heavy atom. The number of hydrogen-bond donors (Lipinski definition) is 1. The van der Waals surface area contributed by atoms with Gasteiger partial charge in [0, 0.05) is 44.5 Å². The van der Waals surface area contributed by atoms with Crippen molar-refractivity contribution in [3.63, 3.8) is 0 Å². The summed E-state index contributed by atoms with van der Waals surface area (Å²) >= 11 is 0. The predicted octanol–water partition coefficient (Wildman–Crippen LogP) is 0.457. The van der Waals surface area contributed by atoms with Crippen molar-refractivity contribution in [2.75, 3.05) is 33.3 Å². The molecule has 1 aromatic rings. The van der Waals surface area contributed by atoms with Crippen LogP contribution in [0.2, 0.25) is 0 Å². The maximum atomic E-state index is 5.73. The van der Waals surface area contributed by atoms with Crippen LogP contribution in [0.1, 0.15) is 17.0 Å². The molecule has 2 rings (SSSR count). The van der Waals surface area contributed by atoms with E-state index in [-0.39, 0.29) is 0 Å². The zero-order valence-electron chi connectivity index (χ0n) is 11.9. The van der Waals surface area contributed by atoms with E-state index in [2.05, 4.69) is 36.2 Å². The molecule has 1 fully saturated rings. The minimum Gasteiger partial charge on any atom is -0.374 e. The third kappa shape index (κ3) is 3.10. The van der Waals surface area contributed by atoms with Gasteiger partial charge in [0.2, 0.25) is 0 Å². The van der Waals surface area contributed by atoms with E-state index in [4.69, 9.17) is 4.74 Å². The van der Waals surface area contributed by atoms with E-state index in [1.54, 1.807) is 0 Å². The summed E-state index contributed by atoms with van der Waals surface area (Å²) in [6.07, 6.45) is 0.307. The average molecular weight is 252 g/mol. The lowest BCUT2D eigenvalue weighted by molar-refractivity contribution is -0.0182. The van der Waals surface area contributed by atoms with Crippen LogP contribution in [0.25, 0.3) is 0 Å². The van der Waals surface area contributed by atoms with Crippen LogP contribution in [0.4, 0.5) is 0 Å². The van der Waals surface area contributed by atoms with E-state index in [0.717, 1.165) is 38.5 Å². The van der Waals surface area contributed by atoms with Crippen molar-refractivity contribution >= 4 is 0 Å². The van der Waals surface area contributed by atoms with Gasteiger partial charge in [-0.3, -0.25) is 4.68 Å². The summed E-state index contributed by atoms with van der Waals surface area (Å²) < 4.78 is 7.67. The van der Waals surface area contributed by atoms with Crippen LogP contribution in [-0.2, 0) is 18.3 Å². The Morgan fingerprint density at radius 3 is 2.78 bits per heavy atom. The number of morpholine rings is 1. The van der Waals surface area contributed by atoms with Gasteiger partial charge in [-0.2, -0.15) is 5.10 Å². The molecule has 0 aromatic carbocycles. The summed E-state index contributed by atoms with van der Waals surface area (Å²) in [4.78, 5) is 2.32. The molecule has 0 bridgehead atoms. The molecule has 1 aliphatic heterocycles. The van der Waals surface area contributed by atoms with Crippen molar-refractivity contribution in [2.45, 2.75) is 26.5 Å². The van der Waals surface area contributed by atoms with Gasteiger partial charge in [-0.15, -0.1) is 0 Å². The van der Waals surface area contributed by atoms with Gasteiger partial charge >= 0.3 is 0 Å². The number of nitrogens with zero attached hydrogens (tertiary/aromatic N) is 3. The molecule has 0 aliphatic carbocycles. The number of aryl methyl sites for hydroxylation is 2. The monoisotopic (exact) mass is 252 g/mol. The van der Waals surface area contributed by atoms with E-state index >= 15 is 0 Å². The SMILES string of the molecule is Cc1nn(C)c(C)c1CNC[C@@H]1CN(C)CCO1. The van der Waals surface area contributed by atoms with Gasteiger partial charge in [0.15, 0.2) is 0 Å². The van der Waals surface area contributed by atoms with Gasteiger partial charge in [-0.25, -0.2) is 0 Å². The van der Waals surface area contributed by atoms with Crippen molar-refractivity contribution in [2.24, 2.45) is 7.05 Å². The number of ether oxygens (including phenoxy) is 1. The van der Waals surface area contributed by atoms with Crippen LogP contribution in [0.3, 0.4) is 0 Å². The van der Waals surface area contributed by atoms with Gasteiger partial charge in [0.1, 0.15) is 0 Å². The van der Waals surface area contributed by atoms with Crippen LogP contribution >= 0.6 is 0 Å². The number of aromatic nitrogens is 2. The Kier molecular flexibility index (Phi) is 4.37. The molecule has 1 saturated heterocycles. The van der Waals surface area contributed by atoms with Crippen molar-refractivity contribution in [3.05, 3.63) is 17.0 Å². The highest BCUT2D eigenvalue weighted by atomic mass is 16.5. The third-order valence-electron chi connectivity index (χ3n) is 3.67. The Hall–Kier alpha value is -0.910. The van der Waals surface area contributed by atoms with E-state index in [1.165, 1.54) is 11.3 Å². The minimum atomic E-state index is 0.307. The predicted molar refractivity (Wildman–Crippen MR) is 71.6 cm³/mol. The molecule has 0 unspecified atom stereocenters. The quantitative estimate of drug-likeness (QED) is 0.845. The third-order valence-corrected chi connectivity index (χ3v) is 3.67. The van der Waals surface area contributed by atoms with Gasteiger partial charge in [-0.05, 0) is 20.9 Å². The fourth-order valence-electron chi connectivity index (χ4n) is 2.42. The summed E-state index contributed by atoms with van der Waals surface area (Å²) in [7, 11) is 4.13. The molecule has 102 valence electrons. The molecule has 0 spiro atoms. The first-order valence-electron chi connectivity index (χ1n) is 6.58. The molecule has 0 amide bonds. The highest BCUT2D eigenvalue weighted by Crippen LogP contribution is 2.11. The van der Waals surface area contributed by atoms with Crippen molar-refractivity contribution in [3.8, 4) is 0 Å². The van der Waals surface area contributed by atoms with Crippen LogP contribution in [0, 0.1) is 13.8 Å². The summed E-state index contributed by atoms with van der Waals surface area (Å²) in [5.41, 5.74) is 3.66. The van der Waals surface area contributed by atoms with E-state index in [1.807, 2.05) is 11.7 Å². The van der Waals surface area contributed by atoms with Crippen LogP contribution in [-0.4, -0.2) is 54.1 Å². The number of nitrogens with one attached hydrogen (secondary N) is 1. The van der Waals surface area contributed by atoms with E-state index in [9.17, 15) is 0 Å². The largest absolute Gasteiger partial charge is 0.374 e. The first-order chi connectivity index (χ1) is 8.58. The smallest absolute Gasteiger partial charge is 0.0826 e. The number of likely N-dealkylation sites (N-methyl/N-ethyl adjacent to an activating group) is 1. The summed E-state index contributed by atoms with van der Waals surface area (Å²) in [6, 6.07) is 0.